The van der Waals surface area contributed by atoms with Crippen molar-refractivity contribution in [2.45, 2.75) is 25.8 Å². The zero-order chi connectivity index (χ0) is 15.0. The van der Waals surface area contributed by atoms with Gasteiger partial charge in [-0.1, -0.05) is 25.6 Å². The van der Waals surface area contributed by atoms with Gasteiger partial charge in [0, 0.05) is 18.8 Å². The molecule has 1 N–H and O–H groups in total. The standard InChI is InChI=1S/C12H21N5O2S/c1-4-13-12-14-9-10(17(18)19)11(15-12)20-8-7-16(5-2)6-3/h9H,4-8H2,1-3H3,(H,13,14,15). The van der Waals surface area contributed by atoms with Gasteiger partial charge < -0.3 is 10.2 Å². The van der Waals surface area contributed by atoms with Crippen LogP contribution in [-0.4, -0.2) is 51.7 Å². The largest absolute Gasteiger partial charge is 0.354 e. The minimum absolute atomic E-state index is 0.0313. The van der Waals surface area contributed by atoms with E-state index >= 15 is 0 Å². The van der Waals surface area contributed by atoms with Crippen molar-refractivity contribution in [2.75, 3.05) is 37.2 Å². The van der Waals surface area contributed by atoms with Gasteiger partial charge in [0.05, 0.1) is 4.92 Å². The lowest BCUT2D eigenvalue weighted by molar-refractivity contribution is -0.388. The first-order chi connectivity index (χ1) is 9.62. The number of hydrogen-bond acceptors (Lipinski definition) is 7. The van der Waals surface area contributed by atoms with Crippen molar-refractivity contribution in [3.8, 4) is 0 Å². The number of aromatic nitrogens is 2. The molecule has 0 saturated heterocycles. The highest BCUT2D eigenvalue weighted by molar-refractivity contribution is 7.99. The molecule has 0 radical (unpaired) electrons. The second-order valence-electron chi connectivity index (χ2n) is 4.05. The van der Waals surface area contributed by atoms with Crippen LogP contribution in [0.3, 0.4) is 0 Å². The van der Waals surface area contributed by atoms with Crippen LogP contribution in [0.5, 0.6) is 0 Å². The lowest BCUT2D eigenvalue weighted by Gasteiger charge is -2.17. The predicted molar refractivity (Wildman–Crippen MR) is 81.4 cm³/mol. The minimum atomic E-state index is -0.435. The molecule has 0 bridgehead atoms. The van der Waals surface area contributed by atoms with Crippen LogP contribution in [-0.2, 0) is 0 Å². The minimum Gasteiger partial charge on any atom is -0.354 e. The second-order valence-corrected chi connectivity index (χ2v) is 5.13. The molecule has 0 aromatic carbocycles. The van der Waals surface area contributed by atoms with E-state index in [0.29, 0.717) is 17.5 Å². The van der Waals surface area contributed by atoms with Gasteiger partial charge in [-0.05, 0) is 20.0 Å². The molecule has 0 aliphatic rings. The van der Waals surface area contributed by atoms with E-state index in [9.17, 15) is 10.1 Å². The van der Waals surface area contributed by atoms with Crippen LogP contribution in [0.15, 0.2) is 11.2 Å². The number of anilines is 1. The molecule has 0 aliphatic carbocycles. The summed E-state index contributed by atoms with van der Waals surface area (Å²) in [6.45, 7) is 9.65. The first-order valence-corrected chi connectivity index (χ1v) is 7.71. The highest BCUT2D eigenvalue weighted by Crippen LogP contribution is 2.27. The number of nitrogens with one attached hydrogen (secondary N) is 1. The molecule has 112 valence electrons. The normalized spacial score (nSPS) is 10.8. The lowest BCUT2D eigenvalue weighted by Crippen LogP contribution is -2.25. The SMILES string of the molecule is CCNc1ncc([N+](=O)[O-])c(SCCN(CC)CC)n1. The summed E-state index contributed by atoms with van der Waals surface area (Å²) < 4.78 is 0. The van der Waals surface area contributed by atoms with Crippen LogP contribution < -0.4 is 5.32 Å². The molecular weight excluding hydrogens is 278 g/mol. The van der Waals surface area contributed by atoms with Crippen LogP contribution in [0, 0.1) is 10.1 Å². The Hall–Kier alpha value is -1.41. The van der Waals surface area contributed by atoms with Gasteiger partial charge in [-0.2, -0.15) is 4.98 Å². The molecule has 1 aromatic rings. The second kappa shape index (κ2) is 8.70. The van der Waals surface area contributed by atoms with Crippen LogP contribution in [0.2, 0.25) is 0 Å². The third-order valence-corrected chi connectivity index (χ3v) is 3.77. The summed E-state index contributed by atoms with van der Waals surface area (Å²) in [5, 5.41) is 14.4. The van der Waals surface area contributed by atoms with Gasteiger partial charge in [0.25, 0.3) is 0 Å². The van der Waals surface area contributed by atoms with Gasteiger partial charge in [0.15, 0.2) is 5.03 Å². The summed E-state index contributed by atoms with van der Waals surface area (Å²) in [4.78, 5) is 21.0. The van der Waals surface area contributed by atoms with E-state index in [0.717, 1.165) is 25.4 Å². The van der Waals surface area contributed by atoms with E-state index < -0.39 is 4.92 Å². The van der Waals surface area contributed by atoms with Crippen molar-refractivity contribution in [3.05, 3.63) is 16.3 Å². The maximum Gasteiger partial charge on any atom is 0.319 e. The van der Waals surface area contributed by atoms with Crippen molar-refractivity contribution >= 4 is 23.4 Å². The fraction of sp³-hybridized carbons (Fsp3) is 0.667. The molecule has 1 heterocycles. The smallest absolute Gasteiger partial charge is 0.319 e. The van der Waals surface area contributed by atoms with E-state index in [-0.39, 0.29) is 5.69 Å². The quantitative estimate of drug-likeness (QED) is 0.324. The molecule has 8 heteroatoms. The Labute approximate surface area is 123 Å². The first-order valence-electron chi connectivity index (χ1n) is 6.72. The number of nitrogens with zero attached hydrogens (tertiary/aromatic N) is 4. The zero-order valence-corrected chi connectivity index (χ0v) is 12.9. The van der Waals surface area contributed by atoms with E-state index in [2.05, 4.69) is 34.0 Å². The summed E-state index contributed by atoms with van der Waals surface area (Å²) in [5.74, 6) is 1.20. The number of thioether (sulfide) groups is 1. The summed E-state index contributed by atoms with van der Waals surface area (Å²) in [7, 11) is 0. The average molecular weight is 299 g/mol. The molecule has 1 aromatic heterocycles. The highest BCUT2D eigenvalue weighted by atomic mass is 32.2. The molecule has 7 nitrogen and oxygen atoms in total. The Morgan fingerprint density at radius 3 is 2.65 bits per heavy atom. The van der Waals surface area contributed by atoms with E-state index in [1.165, 1.54) is 18.0 Å². The average Bonchev–Trinajstić information content (AvgIpc) is 2.44. The van der Waals surface area contributed by atoms with Crippen molar-refractivity contribution in [2.24, 2.45) is 0 Å². The predicted octanol–water partition coefficient (Wildman–Crippen LogP) is 2.25. The third kappa shape index (κ3) is 4.93. The van der Waals surface area contributed by atoms with Crippen LogP contribution in [0.25, 0.3) is 0 Å². The molecule has 0 unspecified atom stereocenters. The van der Waals surface area contributed by atoms with Gasteiger partial charge in [0.1, 0.15) is 6.20 Å². The number of nitro groups is 1. The fourth-order valence-corrected chi connectivity index (χ4v) is 2.61. The Morgan fingerprint density at radius 1 is 1.40 bits per heavy atom. The maximum atomic E-state index is 11.0. The van der Waals surface area contributed by atoms with Crippen molar-refractivity contribution < 1.29 is 4.92 Å². The van der Waals surface area contributed by atoms with Crippen LogP contribution in [0.1, 0.15) is 20.8 Å². The molecule has 0 saturated carbocycles. The lowest BCUT2D eigenvalue weighted by atomic mass is 10.5. The Balaban J connectivity index is 2.74. The Morgan fingerprint density at radius 2 is 2.10 bits per heavy atom. The molecule has 0 atom stereocenters. The topological polar surface area (TPSA) is 84.2 Å². The molecule has 0 fully saturated rings. The maximum absolute atomic E-state index is 11.0. The molecule has 0 spiro atoms. The van der Waals surface area contributed by atoms with Gasteiger partial charge in [-0.15, -0.1) is 0 Å². The van der Waals surface area contributed by atoms with E-state index in [1.54, 1.807) is 0 Å². The fourth-order valence-electron chi connectivity index (χ4n) is 1.65. The number of rotatable bonds is 9. The van der Waals surface area contributed by atoms with Crippen molar-refractivity contribution in [1.29, 1.82) is 0 Å². The molecule has 1 rings (SSSR count). The monoisotopic (exact) mass is 299 g/mol. The summed E-state index contributed by atoms with van der Waals surface area (Å²) in [5.41, 5.74) is -0.0313. The first kappa shape index (κ1) is 16.6. The summed E-state index contributed by atoms with van der Waals surface area (Å²) in [6.07, 6.45) is 1.27. The zero-order valence-electron chi connectivity index (χ0n) is 12.1. The molecule has 0 amide bonds. The van der Waals surface area contributed by atoms with Crippen molar-refractivity contribution in [1.82, 2.24) is 14.9 Å². The molecular formula is C12H21N5O2S. The van der Waals surface area contributed by atoms with E-state index in [4.69, 9.17) is 0 Å². The van der Waals surface area contributed by atoms with Gasteiger partial charge in [-0.25, -0.2) is 4.98 Å². The van der Waals surface area contributed by atoms with Gasteiger partial charge >= 0.3 is 5.69 Å². The Kier molecular flexibility index (Phi) is 7.24. The van der Waals surface area contributed by atoms with Gasteiger partial charge in [0.2, 0.25) is 5.95 Å². The van der Waals surface area contributed by atoms with Crippen LogP contribution >= 0.6 is 11.8 Å². The summed E-state index contributed by atoms with van der Waals surface area (Å²) >= 11 is 1.40. The highest BCUT2D eigenvalue weighted by Gasteiger charge is 2.17. The van der Waals surface area contributed by atoms with E-state index in [1.807, 2.05) is 6.92 Å². The number of hydrogen-bond donors (Lipinski definition) is 1. The Bertz CT molecular complexity index is 440. The summed E-state index contributed by atoms with van der Waals surface area (Å²) in [6, 6.07) is 0. The molecule has 0 aliphatic heterocycles. The van der Waals surface area contributed by atoms with Crippen molar-refractivity contribution in [3.63, 3.8) is 0 Å². The van der Waals surface area contributed by atoms with Crippen LogP contribution in [0.4, 0.5) is 11.6 Å². The third-order valence-electron chi connectivity index (χ3n) is 2.81. The van der Waals surface area contributed by atoms with Gasteiger partial charge in [-0.3, -0.25) is 10.1 Å². The molecule has 20 heavy (non-hydrogen) atoms.